The molecular formula is C9H20N2O2. The lowest BCUT2D eigenvalue weighted by molar-refractivity contribution is -0.120. The Kier molecular flexibility index (Phi) is 7.63. The fourth-order valence-electron chi connectivity index (χ4n) is 1.06. The minimum atomic E-state index is 0.0573. The molecule has 0 aliphatic rings. The quantitative estimate of drug-likeness (QED) is 0.521. The lowest BCUT2D eigenvalue weighted by atomic mass is 10.2. The van der Waals surface area contributed by atoms with E-state index in [-0.39, 0.29) is 12.5 Å². The van der Waals surface area contributed by atoms with Crippen LogP contribution in [0.4, 0.5) is 0 Å². The summed E-state index contributed by atoms with van der Waals surface area (Å²) in [7, 11) is 1.64. The smallest absolute Gasteiger partial charge is 0.221 e. The highest BCUT2D eigenvalue weighted by Crippen LogP contribution is 1.94. The molecule has 0 heterocycles. The van der Waals surface area contributed by atoms with Gasteiger partial charge >= 0.3 is 0 Å². The summed E-state index contributed by atoms with van der Waals surface area (Å²) < 4.78 is 0. The van der Waals surface area contributed by atoms with E-state index in [9.17, 15) is 4.79 Å². The summed E-state index contributed by atoms with van der Waals surface area (Å²) in [5.41, 5.74) is 0. The van der Waals surface area contributed by atoms with Gasteiger partial charge in [0.25, 0.3) is 0 Å². The Morgan fingerprint density at radius 2 is 2.23 bits per heavy atom. The van der Waals surface area contributed by atoms with Crippen LogP contribution in [0.2, 0.25) is 0 Å². The van der Waals surface area contributed by atoms with Gasteiger partial charge in [-0.15, -0.1) is 0 Å². The van der Waals surface area contributed by atoms with Gasteiger partial charge in [-0.2, -0.15) is 0 Å². The molecule has 0 spiro atoms. The molecule has 1 unspecified atom stereocenters. The molecule has 1 amide bonds. The molecule has 13 heavy (non-hydrogen) atoms. The third-order valence-corrected chi connectivity index (χ3v) is 1.92. The van der Waals surface area contributed by atoms with Crippen molar-refractivity contribution in [2.45, 2.75) is 32.2 Å². The van der Waals surface area contributed by atoms with Gasteiger partial charge in [-0.25, -0.2) is 0 Å². The lowest BCUT2D eigenvalue weighted by Gasteiger charge is -2.12. The van der Waals surface area contributed by atoms with Gasteiger partial charge in [-0.3, -0.25) is 4.79 Å². The maximum absolute atomic E-state index is 10.8. The average molecular weight is 188 g/mol. The molecule has 0 aliphatic heterocycles. The fraction of sp³-hybridized carbons (Fsp3) is 0.889. The van der Waals surface area contributed by atoms with Crippen LogP contribution in [-0.4, -0.2) is 37.3 Å². The predicted molar refractivity (Wildman–Crippen MR) is 52.5 cm³/mol. The van der Waals surface area contributed by atoms with E-state index in [4.69, 9.17) is 5.11 Å². The molecular weight excluding hydrogens is 168 g/mol. The van der Waals surface area contributed by atoms with E-state index >= 15 is 0 Å². The van der Waals surface area contributed by atoms with E-state index in [1.807, 2.05) is 0 Å². The maximum Gasteiger partial charge on any atom is 0.221 e. The van der Waals surface area contributed by atoms with Crippen molar-refractivity contribution in [3.63, 3.8) is 0 Å². The number of amides is 1. The molecule has 0 aromatic carbocycles. The summed E-state index contributed by atoms with van der Waals surface area (Å²) in [6.45, 7) is 2.99. The average Bonchev–Trinajstić information content (AvgIpc) is 2.14. The van der Waals surface area contributed by atoms with E-state index < -0.39 is 0 Å². The number of hydrogen-bond acceptors (Lipinski definition) is 3. The van der Waals surface area contributed by atoms with Crippen molar-refractivity contribution in [2.24, 2.45) is 0 Å². The summed E-state index contributed by atoms with van der Waals surface area (Å²) >= 11 is 0. The van der Waals surface area contributed by atoms with Gasteiger partial charge in [0.15, 0.2) is 0 Å². The van der Waals surface area contributed by atoms with Crippen LogP contribution in [0.3, 0.4) is 0 Å². The van der Waals surface area contributed by atoms with Crippen molar-refractivity contribution >= 4 is 5.91 Å². The SMILES string of the molecule is CNC(=O)CCNC(C)CCCO. The standard InChI is InChI=1S/C9H20N2O2/c1-8(4-3-7-12)11-6-5-9(13)10-2/h8,11-12H,3-7H2,1-2H3,(H,10,13). The second-order valence-electron chi connectivity index (χ2n) is 3.14. The Hall–Kier alpha value is -0.610. The molecule has 0 aliphatic carbocycles. The highest BCUT2D eigenvalue weighted by atomic mass is 16.2. The molecule has 0 radical (unpaired) electrons. The molecule has 4 heteroatoms. The zero-order valence-corrected chi connectivity index (χ0v) is 8.47. The molecule has 0 rings (SSSR count). The van der Waals surface area contributed by atoms with E-state index in [0.29, 0.717) is 19.0 Å². The molecule has 0 aromatic rings. The number of carbonyl (C=O) groups excluding carboxylic acids is 1. The first-order valence-electron chi connectivity index (χ1n) is 4.75. The van der Waals surface area contributed by atoms with Crippen LogP contribution >= 0.6 is 0 Å². The van der Waals surface area contributed by atoms with Crippen molar-refractivity contribution < 1.29 is 9.90 Å². The first-order valence-corrected chi connectivity index (χ1v) is 4.75. The largest absolute Gasteiger partial charge is 0.396 e. The number of carbonyl (C=O) groups is 1. The zero-order chi connectivity index (χ0) is 10.1. The number of hydrogen-bond donors (Lipinski definition) is 3. The highest BCUT2D eigenvalue weighted by Gasteiger charge is 2.01. The van der Waals surface area contributed by atoms with Crippen molar-refractivity contribution in [3.05, 3.63) is 0 Å². The number of nitrogens with one attached hydrogen (secondary N) is 2. The van der Waals surface area contributed by atoms with Gasteiger partial charge in [0.05, 0.1) is 0 Å². The Morgan fingerprint density at radius 1 is 1.54 bits per heavy atom. The first-order chi connectivity index (χ1) is 6.20. The van der Waals surface area contributed by atoms with E-state index in [1.165, 1.54) is 0 Å². The number of aliphatic hydroxyl groups excluding tert-OH is 1. The van der Waals surface area contributed by atoms with Crippen molar-refractivity contribution in [1.29, 1.82) is 0 Å². The predicted octanol–water partition coefficient (Wildman–Crippen LogP) is -0.127. The molecule has 0 aromatic heterocycles. The highest BCUT2D eigenvalue weighted by molar-refractivity contribution is 5.75. The summed E-state index contributed by atoms with van der Waals surface area (Å²) in [5, 5.41) is 14.3. The van der Waals surface area contributed by atoms with Crippen molar-refractivity contribution in [1.82, 2.24) is 10.6 Å². The fourth-order valence-corrected chi connectivity index (χ4v) is 1.06. The van der Waals surface area contributed by atoms with Crippen LogP contribution in [0.1, 0.15) is 26.2 Å². The minimum absolute atomic E-state index is 0.0573. The van der Waals surface area contributed by atoms with E-state index in [1.54, 1.807) is 7.05 Å². The van der Waals surface area contributed by atoms with Gasteiger partial charge in [0, 0.05) is 32.7 Å². The Balaban J connectivity index is 3.26. The first kappa shape index (κ1) is 12.4. The van der Waals surface area contributed by atoms with E-state index in [0.717, 1.165) is 12.8 Å². The topological polar surface area (TPSA) is 61.4 Å². The van der Waals surface area contributed by atoms with Gasteiger partial charge in [0.1, 0.15) is 0 Å². The molecule has 1 atom stereocenters. The van der Waals surface area contributed by atoms with Gasteiger partial charge < -0.3 is 15.7 Å². The lowest BCUT2D eigenvalue weighted by Crippen LogP contribution is -2.30. The Morgan fingerprint density at radius 3 is 2.77 bits per heavy atom. The summed E-state index contributed by atoms with van der Waals surface area (Å²) in [6.07, 6.45) is 2.28. The molecule has 78 valence electrons. The van der Waals surface area contributed by atoms with Crippen LogP contribution in [0.25, 0.3) is 0 Å². The zero-order valence-electron chi connectivity index (χ0n) is 8.47. The number of aliphatic hydroxyl groups is 1. The van der Waals surface area contributed by atoms with E-state index in [2.05, 4.69) is 17.6 Å². The monoisotopic (exact) mass is 188 g/mol. The van der Waals surface area contributed by atoms with Crippen LogP contribution in [0.15, 0.2) is 0 Å². The summed E-state index contributed by atoms with van der Waals surface area (Å²) in [4.78, 5) is 10.8. The van der Waals surface area contributed by atoms with Crippen LogP contribution in [-0.2, 0) is 4.79 Å². The Bertz CT molecular complexity index is 140. The Labute approximate surface area is 79.7 Å². The normalized spacial score (nSPS) is 12.5. The molecule has 0 saturated carbocycles. The van der Waals surface area contributed by atoms with Gasteiger partial charge in [-0.05, 0) is 19.8 Å². The van der Waals surface area contributed by atoms with Gasteiger partial charge in [-0.1, -0.05) is 0 Å². The molecule has 0 bridgehead atoms. The third kappa shape index (κ3) is 7.74. The third-order valence-electron chi connectivity index (χ3n) is 1.92. The molecule has 0 saturated heterocycles. The second kappa shape index (κ2) is 8.01. The van der Waals surface area contributed by atoms with Crippen LogP contribution in [0, 0.1) is 0 Å². The minimum Gasteiger partial charge on any atom is -0.396 e. The summed E-state index contributed by atoms with van der Waals surface area (Å²) in [5.74, 6) is 0.0573. The van der Waals surface area contributed by atoms with Gasteiger partial charge in [0.2, 0.25) is 5.91 Å². The second-order valence-corrected chi connectivity index (χ2v) is 3.14. The van der Waals surface area contributed by atoms with Crippen molar-refractivity contribution in [2.75, 3.05) is 20.2 Å². The van der Waals surface area contributed by atoms with Crippen LogP contribution in [0.5, 0.6) is 0 Å². The molecule has 3 N–H and O–H groups in total. The summed E-state index contributed by atoms with van der Waals surface area (Å²) in [6, 6.07) is 0.372. The van der Waals surface area contributed by atoms with Crippen molar-refractivity contribution in [3.8, 4) is 0 Å². The maximum atomic E-state index is 10.8. The van der Waals surface area contributed by atoms with Crippen LogP contribution < -0.4 is 10.6 Å². The number of rotatable bonds is 7. The molecule has 4 nitrogen and oxygen atoms in total. The molecule has 0 fully saturated rings.